The molecule has 0 aliphatic carbocycles. The second-order valence-electron chi connectivity index (χ2n) is 6.60. The molecule has 3 rings (SSSR count). The van der Waals surface area contributed by atoms with Gasteiger partial charge in [0.1, 0.15) is 0 Å². The minimum absolute atomic E-state index is 0.139. The molecular formula is C14H27N3O2. The number of nitrogens with zero attached hydrogens (tertiary/aromatic N) is 2. The summed E-state index contributed by atoms with van der Waals surface area (Å²) in [5, 5.41) is 0. The summed E-state index contributed by atoms with van der Waals surface area (Å²) in [6.45, 7) is 11.2. The zero-order valence-electron chi connectivity index (χ0n) is 12.0. The molecular weight excluding hydrogens is 242 g/mol. The summed E-state index contributed by atoms with van der Waals surface area (Å²) < 4.78 is 11.0. The number of hydrogen-bond donors (Lipinski definition) is 1. The van der Waals surface area contributed by atoms with Crippen LogP contribution >= 0.6 is 0 Å². The van der Waals surface area contributed by atoms with E-state index in [-0.39, 0.29) is 11.5 Å². The SMILES string of the molecule is CC1(CN2CCC(N3CCOCC3)C2)COCC1N. The van der Waals surface area contributed by atoms with E-state index in [1.54, 1.807) is 0 Å². The van der Waals surface area contributed by atoms with Crippen molar-refractivity contribution in [1.29, 1.82) is 0 Å². The van der Waals surface area contributed by atoms with E-state index < -0.39 is 0 Å². The van der Waals surface area contributed by atoms with Gasteiger partial charge in [0.2, 0.25) is 0 Å². The number of hydrogen-bond acceptors (Lipinski definition) is 5. The van der Waals surface area contributed by atoms with Crippen LogP contribution in [-0.4, -0.2) is 81.0 Å². The van der Waals surface area contributed by atoms with Crippen LogP contribution in [-0.2, 0) is 9.47 Å². The van der Waals surface area contributed by atoms with E-state index >= 15 is 0 Å². The smallest absolute Gasteiger partial charge is 0.0624 e. The van der Waals surface area contributed by atoms with Crippen molar-refractivity contribution < 1.29 is 9.47 Å². The minimum atomic E-state index is 0.139. The summed E-state index contributed by atoms with van der Waals surface area (Å²) in [7, 11) is 0. The highest BCUT2D eigenvalue weighted by Gasteiger charge is 2.40. The third-order valence-electron chi connectivity index (χ3n) is 5.02. The van der Waals surface area contributed by atoms with Gasteiger partial charge in [-0.05, 0) is 13.0 Å². The summed E-state index contributed by atoms with van der Waals surface area (Å²) >= 11 is 0. The average Bonchev–Trinajstić information content (AvgIpc) is 2.99. The van der Waals surface area contributed by atoms with Crippen LogP contribution in [0.15, 0.2) is 0 Å². The van der Waals surface area contributed by atoms with Gasteiger partial charge in [0.15, 0.2) is 0 Å². The van der Waals surface area contributed by atoms with Crippen LogP contribution in [0.1, 0.15) is 13.3 Å². The molecule has 0 spiro atoms. The van der Waals surface area contributed by atoms with Crippen LogP contribution in [0.5, 0.6) is 0 Å². The van der Waals surface area contributed by atoms with Crippen molar-refractivity contribution in [3.05, 3.63) is 0 Å². The Kier molecular flexibility index (Phi) is 4.10. The number of rotatable bonds is 3. The van der Waals surface area contributed by atoms with E-state index in [0.717, 1.165) is 46.1 Å². The zero-order chi connectivity index (χ0) is 13.3. The molecule has 0 aromatic rings. The first-order chi connectivity index (χ1) is 9.17. The molecule has 3 fully saturated rings. The van der Waals surface area contributed by atoms with E-state index in [1.165, 1.54) is 19.5 Å². The lowest BCUT2D eigenvalue weighted by Crippen LogP contribution is -2.48. The predicted molar refractivity (Wildman–Crippen MR) is 74.1 cm³/mol. The molecule has 3 unspecified atom stereocenters. The molecule has 2 N–H and O–H groups in total. The van der Waals surface area contributed by atoms with Gasteiger partial charge in [-0.15, -0.1) is 0 Å². The predicted octanol–water partition coefficient (Wildman–Crippen LogP) is -0.243. The Balaban J connectivity index is 1.51. The van der Waals surface area contributed by atoms with Gasteiger partial charge in [-0.1, -0.05) is 6.92 Å². The first kappa shape index (κ1) is 13.8. The summed E-state index contributed by atoms with van der Waals surface area (Å²) in [5.41, 5.74) is 6.33. The van der Waals surface area contributed by atoms with E-state index in [2.05, 4.69) is 16.7 Å². The highest BCUT2D eigenvalue weighted by molar-refractivity contribution is 4.95. The minimum Gasteiger partial charge on any atom is -0.379 e. The zero-order valence-corrected chi connectivity index (χ0v) is 12.0. The Hall–Kier alpha value is -0.200. The Morgan fingerprint density at radius 1 is 1.21 bits per heavy atom. The van der Waals surface area contributed by atoms with Gasteiger partial charge in [0.05, 0.1) is 26.4 Å². The van der Waals surface area contributed by atoms with Gasteiger partial charge in [-0.2, -0.15) is 0 Å². The van der Waals surface area contributed by atoms with E-state index in [0.29, 0.717) is 6.04 Å². The molecule has 3 aliphatic rings. The number of morpholine rings is 1. The van der Waals surface area contributed by atoms with Crippen molar-refractivity contribution >= 4 is 0 Å². The van der Waals surface area contributed by atoms with Crippen molar-refractivity contribution in [2.75, 3.05) is 59.2 Å². The molecule has 0 amide bonds. The Labute approximate surface area is 116 Å². The van der Waals surface area contributed by atoms with Crippen molar-refractivity contribution in [3.8, 4) is 0 Å². The molecule has 3 heterocycles. The third kappa shape index (κ3) is 2.95. The number of likely N-dealkylation sites (tertiary alicyclic amines) is 1. The Bertz CT molecular complexity index is 309. The standard InChI is InChI=1S/C14H27N3O2/c1-14(11-19-9-13(14)15)10-16-3-2-12(8-16)17-4-6-18-7-5-17/h12-13H,2-11,15H2,1H3. The average molecular weight is 269 g/mol. The van der Waals surface area contributed by atoms with Crippen molar-refractivity contribution in [2.45, 2.75) is 25.4 Å². The van der Waals surface area contributed by atoms with Crippen LogP contribution < -0.4 is 5.73 Å². The summed E-state index contributed by atoms with van der Waals surface area (Å²) in [6.07, 6.45) is 1.28. The Morgan fingerprint density at radius 3 is 2.68 bits per heavy atom. The molecule has 3 saturated heterocycles. The second-order valence-corrected chi connectivity index (χ2v) is 6.60. The maximum absolute atomic E-state index is 6.19. The molecule has 19 heavy (non-hydrogen) atoms. The van der Waals surface area contributed by atoms with Crippen LogP contribution in [0, 0.1) is 5.41 Å². The van der Waals surface area contributed by atoms with Crippen LogP contribution in [0.25, 0.3) is 0 Å². The summed E-state index contributed by atoms with van der Waals surface area (Å²) in [5.74, 6) is 0. The van der Waals surface area contributed by atoms with Crippen molar-refractivity contribution in [3.63, 3.8) is 0 Å². The lowest BCUT2D eigenvalue weighted by atomic mass is 9.85. The van der Waals surface area contributed by atoms with Crippen LogP contribution in [0.2, 0.25) is 0 Å². The molecule has 0 radical (unpaired) electrons. The van der Waals surface area contributed by atoms with Gasteiger partial charge < -0.3 is 20.1 Å². The maximum atomic E-state index is 6.19. The monoisotopic (exact) mass is 269 g/mol. The molecule has 0 bridgehead atoms. The fourth-order valence-electron chi connectivity index (χ4n) is 3.60. The largest absolute Gasteiger partial charge is 0.379 e. The van der Waals surface area contributed by atoms with Crippen LogP contribution in [0.4, 0.5) is 0 Å². The molecule has 5 heteroatoms. The quantitative estimate of drug-likeness (QED) is 0.766. The van der Waals surface area contributed by atoms with Crippen molar-refractivity contribution in [1.82, 2.24) is 9.80 Å². The Morgan fingerprint density at radius 2 is 2.00 bits per heavy atom. The number of nitrogens with two attached hydrogens (primary N) is 1. The highest BCUT2D eigenvalue weighted by atomic mass is 16.5. The van der Waals surface area contributed by atoms with E-state index in [9.17, 15) is 0 Å². The van der Waals surface area contributed by atoms with Crippen molar-refractivity contribution in [2.24, 2.45) is 11.1 Å². The first-order valence-electron chi connectivity index (χ1n) is 7.55. The molecule has 110 valence electrons. The topological polar surface area (TPSA) is 51.0 Å². The van der Waals surface area contributed by atoms with Gasteiger partial charge in [-0.3, -0.25) is 4.90 Å². The van der Waals surface area contributed by atoms with E-state index in [1.807, 2.05) is 0 Å². The molecule has 0 saturated carbocycles. The maximum Gasteiger partial charge on any atom is 0.0624 e. The van der Waals surface area contributed by atoms with Crippen LogP contribution in [0.3, 0.4) is 0 Å². The fraction of sp³-hybridized carbons (Fsp3) is 1.00. The molecule has 0 aromatic carbocycles. The molecule has 3 aliphatic heterocycles. The van der Waals surface area contributed by atoms with Gasteiger partial charge in [-0.25, -0.2) is 0 Å². The normalized spacial score (nSPS) is 42.0. The molecule has 3 atom stereocenters. The van der Waals surface area contributed by atoms with Gasteiger partial charge >= 0.3 is 0 Å². The summed E-state index contributed by atoms with van der Waals surface area (Å²) in [6, 6.07) is 0.904. The lowest BCUT2D eigenvalue weighted by molar-refractivity contribution is 0.0175. The molecule has 5 nitrogen and oxygen atoms in total. The molecule has 0 aromatic heterocycles. The summed E-state index contributed by atoms with van der Waals surface area (Å²) in [4.78, 5) is 5.17. The highest BCUT2D eigenvalue weighted by Crippen LogP contribution is 2.30. The fourth-order valence-corrected chi connectivity index (χ4v) is 3.60. The van der Waals surface area contributed by atoms with Gasteiger partial charge in [0.25, 0.3) is 0 Å². The first-order valence-corrected chi connectivity index (χ1v) is 7.55. The lowest BCUT2D eigenvalue weighted by Gasteiger charge is -2.34. The number of ether oxygens (including phenoxy) is 2. The third-order valence-corrected chi connectivity index (χ3v) is 5.02. The van der Waals surface area contributed by atoms with Gasteiger partial charge in [0, 0.05) is 43.7 Å². The second kappa shape index (κ2) is 5.66. The van der Waals surface area contributed by atoms with E-state index in [4.69, 9.17) is 15.2 Å².